The molecule has 1 aliphatic heterocycles. The van der Waals surface area contributed by atoms with Crippen molar-refractivity contribution in [1.82, 2.24) is 0 Å². The van der Waals surface area contributed by atoms with Crippen LogP contribution in [0.15, 0.2) is 42.5 Å². The number of benzene rings is 2. The van der Waals surface area contributed by atoms with E-state index in [-0.39, 0.29) is 11.3 Å². The van der Waals surface area contributed by atoms with Gasteiger partial charge in [-0.05, 0) is 36.8 Å². The van der Waals surface area contributed by atoms with E-state index in [2.05, 4.69) is 5.32 Å². The molecule has 1 heterocycles. The Balaban J connectivity index is 1.86. The number of amides is 1. The number of sulfonamides is 1. The smallest absolute Gasteiger partial charge is 0.255 e. The molecule has 0 unspecified atom stereocenters. The van der Waals surface area contributed by atoms with E-state index in [1.807, 2.05) is 0 Å². The molecule has 1 fully saturated rings. The summed E-state index contributed by atoms with van der Waals surface area (Å²) in [5.41, 5.74) is 1.04. The van der Waals surface area contributed by atoms with E-state index in [9.17, 15) is 17.6 Å². The molecule has 0 saturated carbocycles. The number of carbonyl (C=O) groups excluding carboxylic acids is 1. The summed E-state index contributed by atoms with van der Waals surface area (Å²) in [6.07, 6.45) is 0.559. The highest BCUT2D eigenvalue weighted by molar-refractivity contribution is 7.93. The largest absolute Gasteiger partial charge is 0.494 e. The molecule has 0 spiro atoms. The number of nitrogens with one attached hydrogen (secondary N) is 1. The third-order valence-corrected chi connectivity index (χ3v) is 5.75. The number of hydrogen-bond donors (Lipinski definition) is 1. The lowest BCUT2D eigenvalue weighted by molar-refractivity contribution is 0.102. The molecule has 0 atom stereocenters. The lowest BCUT2D eigenvalue weighted by atomic mass is 10.2. The highest BCUT2D eigenvalue weighted by Gasteiger charge is 2.30. The molecule has 1 amide bonds. The summed E-state index contributed by atoms with van der Waals surface area (Å²) in [4.78, 5) is 12.2. The molecular formula is C17H17FN2O4S. The van der Waals surface area contributed by atoms with Gasteiger partial charge >= 0.3 is 0 Å². The summed E-state index contributed by atoms with van der Waals surface area (Å²) in [7, 11) is -1.90. The SMILES string of the molecule is COc1cc(NC(=O)c2cccc(F)c2)ccc1N1CCCS1(=O)=O. The zero-order valence-corrected chi connectivity index (χ0v) is 14.3. The predicted octanol–water partition coefficient (Wildman–Crippen LogP) is 2.63. The van der Waals surface area contributed by atoms with Crippen LogP contribution < -0.4 is 14.4 Å². The summed E-state index contributed by atoms with van der Waals surface area (Å²) < 4.78 is 44.0. The maximum atomic E-state index is 13.2. The van der Waals surface area contributed by atoms with Gasteiger partial charge < -0.3 is 10.1 Å². The van der Waals surface area contributed by atoms with Crippen molar-refractivity contribution in [3.05, 3.63) is 53.8 Å². The molecule has 8 heteroatoms. The van der Waals surface area contributed by atoms with Gasteiger partial charge in [-0.15, -0.1) is 0 Å². The first-order chi connectivity index (χ1) is 11.9. The van der Waals surface area contributed by atoms with Gasteiger partial charge in [-0.1, -0.05) is 6.07 Å². The first-order valence-electron chi connectivity index (χ1n) is 7.66. The van der Waals surface area contributed by atoms with E-state index in [1.54, 1.807) is 18.2 Å². The summed E-state index contributed by atoms with van der Waals surface area (Å²) in [6, 6.07) is 10.1. The standard InChI is InChI=1S/C17H17FN2O4S/c1-24-16-11-14(19-17(21)12-4-2-5-13(18)10-12)6-7-15(16)20-8-3-9-25(20,22)23/h2,4-7,10-11H,3,8-9H2,1H3,(H,19,21). The Labute approximate surface area is 145 Å². The van der Waals surface area contributed by atoms with Crippen molar-refractivity contribution in [1.29, 1.82) is 0 Å². The molecule has 0 bridgehead atoms. The van der Waals surface area contributed by atoms with Crippen molar-refractivity contribution in [3.63, 3.8) is 0 Å². The molecule has 2 aromatic rings. The number of ether oxygens (including phenoxy) is 1. The number of halogens is 1. The molecule has 132 valence electrons. The maximum Gasteiger partial charge on any atom is 0.255 e. The Kier molecular flexibility index (Phi) is 4.63. The minimum Gasteiger partial charge on any atom is -0.494 e. The molecule has 1 saturated heterocycles. The third-order valence-electron chi connectivity index (χ3n) is 3.89. The van der Waals surface area contributed by atoms with Crippen molar-refractivity contribution >= 4 is 27.3 Å². The summed E-state index contributed by atoms with van der Waals surface area (Å²) >= 11 is 0. The van der Waals surface area contributed by atoms with E-state index < -0.39 is 21.7 Å². The lowest BCUT2D eigenvalue weighted by Crippen LogP contribution is -2.25. The van der Waals surface area contributed by atoms with Gasteiger partial charge in [0, 0.05) is 23.9 Å². The Bertz CT molecular complexity index is 915. The van der Waals surface area contributed by atoms with E-state index in [1.165, 1.54) is 29.6 Å². The van der Waals surface area contributed by atoms with Gasteiger partial charge in [0.25, 0.3) is 5.91 Å². The molecular weight excluding hydrogens is 347 g/mol. The summed E-state index contributed by atoms with van der Waals surface area (Å²) in [5.74, 6) is -0.528. The van der Waals surface area contributed by atoms with E-state index >= 15 is 0 Å². The van der Waals surface area contributed by atoms with Crippen LogP contribution in [0.2, 0.25) is 0 Å². The third kappa shape index (κ3) is 3.58. The number of methoxy groups -OCH3 is 1. The van der Waals surface area contributed by atoms with Crippen molar-refractivity contribution in [2.75, 3.05) is 29.0 Å². The van der Waals surface area contributed by atoms with E-state index in [0.29, 0.717) is 30.1 Å². The number of hydrogen-bond acceptors (Lipinski definition) is 4. The fourth-order valence-corrected chi connectivity index (χ4v) is 4.28. The van der Waals surface area contributed by atoms with Crippen LogP contribution in [0.3, 0.4) is 0 Å². The molecule has 1 aliphatic rings. The van der Waals surface area contributed by atoms with Gasteiger partial charge in [0.15, 0.2) is 0 Å². The molecule has 0 radical (unpaired) electrons. The van der Waals surface area contributed by atoms with Crippen molar-refractivity contribution < 1.29 is 22.3 Å². The zero-order chi connectivity index (χ0) is 18.0. The van der Waals surface area contributed by atoms with Crippen LogP contribution in [-0.4, -0.2) is 33.7 Å². The Morgan fingerprint density at radius 1 is 1.24 bits per heavy atom. The van der Waals surface area contributed by atoms with Gasteiger partial charge in [0.05, 0.1) is 18.6 Å². The first-order valence-corrected chi connectivity index (χ1v) is 9.27. The quantitative estimate of drug-likeness (QED) is 0.905. The molecule has 0 aromatic heterocycles. The Hall–Kier alpha value is -2.61. The second kappa shape index (κ2) is 6.72. The molecule has 25 heavy (non-hydrogen) atoms. The minimum atomic E-state index is -3.33. The normalized spacial score (nSPS) is 15.8. The second-order valence-corrected chi connectivity index (χ2v) is 7.61. The van der Waals surface area contributed by atoms with Crippen LogP contribution in [-0.2, 0) is 10.0 Å². The van der Waals surface area contributed by atoms with Crippen molar-refractivity contribution in [2.24, 2.45) is 0 Å². The predicted molar refractivity (Wildman–Crippen MR) is 93.1 cm³/mol. The average molecular weight is 364 g/mol. The van der Waals surface area contributed by atoms with Crippen LogP contribution in [0.4, 0.5) is 15.8 Å². The van der Waals surface area contributed by atoms with Gasteiger partial charge in [-0.25, -0.2) is 12.8 Å². The van der Waals surface area contributed by atoms with E-state index in [0.717, 1.165) is 6.07 Å². The molecule has 0 aliphatic carbocycles. The molecule has 2 aromatic carbocycles. The number of carbonyl (C=O) groups is 1. The first kappa shape index (κ1) is 17.2. The molecule has 1 N–H and O–H groups in total. The van der Waals surface area contributed by atoms with Crippen LogP contribution in [0, 0.1) is 5.82 Å². The zero-order valence-electron chi connectivity index (χ0n) is 13.5. The van der Waals surface area contributed by atoms with Crippen LogP contribution in [0.1, 0.15) is 16.8 Å². The van der Waals surface area contributed by atoms with Crippen LogP contribution in [0.25, 0.3) is 0 Å². The number of rotatable bonds is 4. The van der Waals surface area contributed by atoms with Crippen LogP contribution >= 0.6 is 0 Å². The summed E-state index contributed by atoms with van der Waals surface area (Å²) in [5, 5.41) is 2.65. The van der Waals surface area contributed by atoms with Crippen molar-refractivity contribution in [2.45, 2.75) is 6.42 Å². The summed E-state index contributed by atoms with van der Waals surface area (Å²) in [6.45, 7) is 0.397. The van der Waals surface area contributed by atoms with Gasteiger partial charge in [-0.2, -0.15) is 0 Å². The highest BCUT2D eigenvalue weighted by atomic mass is 32.2. The lowest BCUT2D eigenvalue weighted by Gasteiger charge is -2.20. The monoisotopic (exact) mass is 364 g/mol. The number of nitrogens with zero attached hydrogens (tertiary/aromatic N) is 1. The van der Waals surface area contributed by atoms with Gasteiger partial charge in [0.2, 0.25) is 10.0 Å². The van der Waals surface area contributed by atoms with Gasteiger partial charge in [0.1, 0.15) is 11.6 Å². The van der Waals surface area contributed by atoms with Crippen molar-refractivity contribution in [3.8, 4) is 5.75 Å². The van der Waals surface area contributed by atoms with Crippen LogP contribution in [0.5, 0.6) is 5.75 Å². The molecule has 3 rings (SSSR count). The highest BCUT2D eigenvalue weighted by Crippen LogP contribution is 2.35. The fourth-order valence-electron chi connectivity index (χ4n) is 2.70. The average Bonchev–Trinajstić information content (AvgIpc) is 2.93. The minimum absolute atomic E-state index is 0.105. The maximum absolute atomic E-state index is 13.2. The van der Waals surface area contributed by atoms with Gasteiger partial charge in [-0.3, -0.25) is 9.10 Å². The fraction of sp³-hybridized carbons (Fsp3) is 0.235. The Morgan fingerprint density at radius 2 is 2.04 bits per heavy atom. The number of anilines is 2. The Morgan fingerprint density at radius 3 is 2.68 bits per heavy atom. The molecule has 6 nitrogen and oxygen atoms in total. The topological polar surface area (TPSA) is 75.7 Å². The van der Waals surface area contributed by atoms with E-state index in [4.69, 9.17) is 4.74 Å². The second-order valence-electron chi connectivity index (χ2n) is 5.59.